The van der Waals surface area contributed by atoms with Crippen LogP contribution in [0.25, 0.3) is 11.1 Å². The minimum absolute atomic E-state index is 0.225. The fourth-order valence-electron chi connectivity index (χ4n) is 3.87. The average molecular weight is 476 g/mol. The van der Waals surface area contributed by atoms with E-state index in [0.717, 1.165) is 37.5 Å². The van der Waals surface area contributed by atoms with E-state index in [1.54, 1.807) is 0 Å². The summed E-state index contributed by atoms with van der Waals surface area (Å²) in [5.41, 5.74) is -0.307. The molecule has 3 nitrogen and oxygen atoms in total. The number of ether oxygens (including phenoxy) is 3. The molecule has 1 heterocycles. The molecule has 1 aliphatic rings. The summed E-state index contributed by atoms with van der Waals surface area (Å²) >= 11 is 0. The molecule has 0 bridgehead atoms. The fraction of sp³-hybridized carbons (Fsp3) is 0.500. The predicted octanol–water partition coefficient (Wildman–Crippen LogP) is 7.17. The third-order valence-electron chi connectivity index (χ3n) is 5.44. The van der Waals surface area contributed by atoms with E-state index in [1.807, 2.05) is 0 Å². The Balaban J connectivity index is 1.55. The Morgan fingerprint density at radius 2 is 1.58 bits per heavy atom. The van der Waals surface area contributed by atoms with Crippen molar-refractivity contribution in [2.45, 2.75) is 58.1 Å². The lowest BCUT2D eigenvalue weighted by Crippen LogP contribution is -2.31. The molecule has 182 valence electrons. The normalized spacial score (nSPS) is 19.0. The molecule has 1 aliphatic heterocycles. The van der Waals surface area contributed by atoms with E-state index in [-0.39, 0.29) is 11.9 Å². The minimum atomic E-state index is -5.08. The first-order chi connectivity index (χ1) is 15.7. The second kappa shape index (κ2) is 11.2. The van der Waals surface area contributed by atoms with Crippen LogP contribution in [0.5, 0.6) is 5.75 Å². The first-order valence-electron chi connectivity index (χ1n) is 10.9. The van der Waals surface area contributed by atoms with Gasteiger partial charge in [0.25, 0.3) is 0 Å². The Morgan fingerprint density at radius 3 is 2.15 bits per heavy atom. The van der Waals surface area contributed by atoms with E-state index < -0.39 is 35.1 Å². The number of hydrogen-bond donors (Lipinski definition) is 0. The van der Waals surface area contributed by atoms with Crippen LogP contribution in [0.15, 0.2) is 30.3 Å². The predicted molar refractivity (Wildman–Crippen MR) is 110 cm³/mol. The van der Waals surface area contributed by atoms with Crippen molar-refractivity contribution < 1.29 is 40.6 Å². The molecular formula is C24H26F6O3. The van der Waals surface area contributed by atoms with Gasteiger partial charge in [-0.2, -0.15) is 0 Å². The molecule has 0 atom stereocenters. The topological polar surface area (TPSA) is 27.7 Å². The molecular weight excluding hydrogens is 450 g/mol. The largest absolute Gasteiger partial charge is 0.573 e. The van der Waals surface area contributed by atoms with Gasteiger partial charge in [-0.1, -0.05) is 19.4 Å². The van der Waals surface area contributed by atoms with Crippen LogP contribution in [0, 0.1) is 23.4 Å². The van der Waals surface area contributed by atoms with Gasteiger partial charge in [0, 0.05) is 5.92 Å². The van der Waals surface area contributed by atoms with Crippen molar-refractivity contribution in [2.75, 3.05) is 13.2 Å². The Hall–Kier alpha value is -2.26. The molecule has 0 amide bonds. The highest BCUT2D eigenvalue weighted by molar-refractivity contribution is 5.66. The van der Waals surface area contributed by atoms with Gasteiger partial charge in [-0.25, -0.2) is 13.2 Å². The lowest BCUT2D eigenvalue weighted by molar-refractivity contribution is -0.275. The number of halogens is 6. The number of alkyl halides is 3. The summed E-state index contributed by atoms with van der Waals surface area (Å²) in [5, 5.41) is 0. The molecule has 0 saturated carbocycles. The maximum atomic E-state index is 14.6. The van der Waals surface area contributed by atoms with Crippen LogP contribution in [0.2, 0.25) is 0 Å². The Morgan fingerprint density at radius 1 is 0.909 bits per heavy atom. The molecule has 1 fully saturated rings. The molecule has 0 radical (unpaired) electrons. The van der Waals surface area contributed by atoms with Gasteiger partial charge in [-0.3, -0.25) is 0 Å². The molecule has 0 aliphatic carbocycles. The SMILES string of the molecule is CCCC1COC(CCCCc2cc(F)c(-c3ccc(OC(F)(F)F)c(F)c3)c(F)c2)OC1. The second-order valence-electron chi connectivity index (χ2n) is 8.12. The monoisotopic (exact) mass is 476 g/mol. The van der Waals surface area contributed by atoms with Gasteiger partial charge in [0.1, 0.15) is 11.6 Å². The third-order valence-corrected chi connectivity index (χ3v) is 5.44. The summed E-state index contributed by atoms with van der Waals surface area (Å²) in [5.74, 6) is -3.86. The third kappa shape index (κ3) is 7.37. The number of hydrogen-bond acceptors (Lipinski definition) is 3. The van der Waals surface area contributed by atoms with Gasteiger partial charge in [0.2, 0.25) is 0 Å². The minimum Gasteiger partial charge on any atom is -0.403 e. The highest BCUT2D eigenvalue weighted by Gasteiger charge is 2.32. The molecule has 0 N–H and O–H groups in total. The van der Waals surface area contributed by atoms with Gasteiger partial charge in [0.15, 0.2) is 17.9 Å². The van der Waals surface area contributed by atoms with Crippen LogP contribution < -0.4 is 4.74 Å². The van der Waals surface area contributed by atoms with Gasteiger partial charge in [-0.15, -0.1) is 13.2 Å². The van der Waals surface area contributed by atoms with Crippen LogP contribution >= 0.6 is 0 Å². The number of aryl methyl sites for hydroxylation is 1. The van der Waals surface area contributed by atoms with Crippen molar-refractivity contribution in [3.8, 4) is 16.9 Å². The van der Waals surface area contributed by atoms with Crippen molar-refractivity contribution in [3.63, 3.8) is 0 Å². The number of rotatable bonds is 9. The maximum Gasteiger partial charge on any atom is 0.573 e. The highest BCUT2D eigenvalue weighted by atomic mass is 19.4. The summed E-state index contributed by atoms with van der Waals surface area (Å²) in [4.78, 5) is 0. The van der Waals surface area contributed by atoms with Gasteiger partial charge in [0.05, 0.1) is 18.8 Å². The van der Waals surface area contributed by atoms with E-state index in [2.05, 4.69) is 11.7 Å². The molecule has 2 aromatic rings. The first kappa shape index (κ1) is 25.4. The quantitative estimate of drug-likeness (QED) is 0.284. The molecule has 3 rings (SSSR count). The summed E-state index contributed by atoms with van der Waals surface area (Å²) in [6.07, 6.45) is -0.656. The van der Waals surface area contributed by atoms with E-state index in [0.29, 0.717) is 56.1 Å². The van der Waals surface area contributed by atoms with Crippen molar-refractivity contribution >= 4 is 0 Å². The first-order valence-corrected chi connectivity index (χ1v) is 10.9. The Labute approximate surface area is 188 Å². The molecule has 9 heteroatoms. The van der Waals surface area contributed by atoms with Gasteiger partial charge in [-0.05, 0) is 67.5 Å². The Bertz CT molecular complexity index is 900. The van der Waals surface area contributed by atoms with Crippen LogP contribution in [0.4, 0.5) is 26.3 Å². The summed E-state index contributed by atoms with van der Waals surface area (Å²) in [7, 11) is 0. The molecule has 0 unspecified atom stereocenters. The highest BCUT2D eigenvalue weighted by Crippen LogP contribution is 2.33. The van der Waals surface area contributed by atoms with E-state index >= 15 is 0 Å². The lowest BCUT2D eigenvalue weighted by Gasteiger charge is -2.29. The summed E-state index contributed by atoms with van der Waals surface area (Å²) in [6, 6.07) is 4.57. The smallest absolute Gasteiger partial charge is 0.403 e. The van der Waals surface area contributed by atoms with Crippen LogP contribution in [-0.2, 0) is 15.9 Å². The Kier molecular flexibility index (Phi) is 8.64. The van der Waals surface area contributed by atoms with Crippen LogP contribution in [0.3, 0.4) is 0 Å². The zero-order valence-corrected chi connectivity index (χ0v) is 18.2. The molecule has 2 aromatic carbocycles. The molecule has 0 spiro atoms. The van der Waals surface area contributed by atoms with E-state index in [9.17, 15) is 26.3 Å². The van der Waals surface area contributed by atoms with Crippen molar-refractivity contribution in [2.24, 2.45) is 5.92 Å². The van der Waals surface area contributed by atoms with Crippen molar-refractivity contribution in [1.29, 1.82) is 0 Å². The van der Waals surface area contributed by atoms with Gasteiger partial charge >= 0.3 is 6.36 Å². The lowest BCUT2D eigenvalue weighted by atomic mass is 9.99. The summed E-state index contributed by atoms with van der Waals surface area (Å²) in [6.45, 7) is 3.48. The van der Waals surface area contributed by atoms with E-state index in [1.165, 1.54) is 0 Å². The standard InChI is InChI=1S/C24H26F6O3/c1-2-5-16-13-31-22(32-14-16)7-4-3-6-15-10-19(26)23(20(27)11-15)17-8-9-21(18(25)12-17)33-24(28,29)30/h8-12,16,22H,2-7,13-14H2,1H3. The number of unbranched alkanes of at least 4 members (excludes halogenated alkanes) is 1. The molecule has 33 heavy (non-hydrogen) atoms. The van der Waals surface area contributed by atoms with Crippen molar-refractivity contribution in [1.82, 2.24) is 0 Å². The van der Waals surface area contributed by atoms with Gasteiger partial charge < -0.3 is 14.2 Å². The zero-order chi connectivity index (χ0) is 24.0. The second-order valence-corrected chi connectivity index (χ2v) is 8.12. The summed E-state index contributed by atoms with van der Waals surface area (Å²) < 4.78 is 94.9. The number of benzene rings is 2. The fourth-order valence-corrected chi connectivity index (χ4v) is 3.87. The molecule has 1 saturated heterocycles. The van der Waals surface area contributed by atoms with Crippen LogP contribution in [-0.4, -0.2) is 25.9 Å². The van der Waals surface area contributed by atoms with Crippen LogP contribution in [0.1, 0.15) is 44.6 Å². The molecule has 0 aromatic heterocycles. The van der Waals surface area contributed by atoms with E-state index in [4.69, 9.17) is 9.47 Å². The zero-order valence-electron chi connectivity index (χ0n) is 18.2. The van der Waals surface area contributed by atoms with Crippen molar-refractivity contribution in [3.05, 3.63) is 53.3 Å². The average Bonchev–Trinajstić information content (AvgIpc) is 2.73. The maximum absolute atomic E-state index is 14.6.